The van der Waals surface area contributed by atoms with Gasteiger partial charge in [0, 0.05) is 11.6 Å². The Kier molecular flexibility index (Phi) is 2.66. The number of nitro benzene ring substituents is 1. The quantitative estimate of drug-likeness (QED) is 0.638. The Morgan fingerprint density at radius 2 is 2.18 bits per heavy atom. The minimum Gasteiger partial charge on any atom is -0.453 e. The van der Waals surface area contributed by atoms with Crippen molar-refractivity contribution in [3.8, 4) is 11.5 Å². The molecule has 0 spiro atoms. The number of nitrogens with two attached hydrogens (primary N) is 1. The molecule has 0 radical (unpaired) electrons. The first kappa shape index (κ1) is 11.7. The lowest BCUT2D eigenvalue weighted by molar-refractivity contribution is -0.385. The van der Waals surface area contributed by atoms with Crippen molar-refractivity contribution in [2.75, 3.05) is 6.79 Å². The van der Waals surface area contributed by atoms with Gasteiger partial charge in [-0.25, -0.2) is 0 Å². The first-order chi connectivity index (χ1) is 7.87. The summed E-state index contributed by atoms with van der Waals surface area (Å²) in [5, 5.41) is 10.9. The lowest BCUT2D eigenvalue weighted by atomic mass is 9.95. The summed E-state index contributed by atoms with van der Waals surface area (Å²) < 4.78 is 10.3. The van der Waals surface area contributed by atoms with Gasteiger partial charge in [0.2, 0.25) is 12.5 Å². The molecule has 0 saturated heterocycles. The van der Waals surface area contributed by atoms with Gasteiger partial charge in [0.15, 0.2) is 5.75 Å². The number of hydrogen-bond donors (Lipinski definition) is 1. The lowest BCUT2D eigenvalue weighted by Crippen LogP contribution is -2.34. The Morgan fingerprint density at radius 3 is 2.76 bits per heavy atom. The van der Waals surface area contributed by atoms with Crippen LogP contribution in [0.1, 0.15) is 19.4 Å². The fraction of sp³-hybridized carbons (Fsp3) is 0.455. The maximum absolute atomic E-state index is 10.9. The highest BCUT2D eigenvalue weighted by atomic mass is 16.7. The molecular weight excluding hydrogens is 224 g/mol. The molecule has 0 amide bonds. The minimum atomic E-state index is -0.472. The fourth-order valence-corrected chi connectivity index (χ4v) is 1.81. The van der Waals surface area contributed by atoms with Gasteiger partial charge in [0.05, 0.1) is 4.92 Å². The zero-order chi connectivity index (χ0) is 12.6. The molecule has 1 aliphatic rings. The summed E-state index contributed by atoms with van der Waals surface area (Å²) in [7, 11) is 0. The Bertz CT molecular complexity index is 465. The van der Waals surface area contributed by atoms with Crippen molar-refractivity contribution in [3.05, 3.63) is 27.8 Å². The van der Waals surface area contributed by atoms with Crippen LogP contribution in [-0.2, 0) is 6.42 Å². The zero-order valence-electron chi connectivity index (χ0n) is 9.73. The monoisotopic (exact) mass is 238 g/mol. The second-order valence-electron chi connectivity index (χ2n) is 4.77. The second-order valence-corrected chi connectivity index (χ2v) is 4.77. The molecule has 0 saturated carbocycles. The third-order valence-corrected chi connectivity index (χ3v) is 2.37. The van der Waals surface area contributed by atoms with Gasteiger partial charge in [-0.2, -0.15) is 0 Å². The van der Waals surface area contributed by atoms with Crippen molar-refractivity contribution >= 4 is 5.69 Å². The third-order valence-electron chi connectivity index (χ3n) is 2.37. The van der Waals surface area contributed by atoms with E-state index in [4.69, 9.17) is 15.2 Å². The molecule has 0 aromatic heterocycles. The Balaban J connectivity index is 2.43. The van der Waals surface area contributed by atoms with Crippen LogP contribution in [0.15, 0.2) is 12.1 Å². The number of benzene rings is 1. The summed E-state index contributed by atoms with van der Waals surface area (Å²) in [5.74, 6) is 0.618. The van der Waals surface area contributed by atoms with E-state index in [1.165, 1.54) is 6.07 Å². The van der Waals surface area contributed by atoms with Gasteiger partial charge in [0.1, 0.15) is 0 Å². The van der Waals surface area contributed by atoms with Gasteiger partial charge in [-0.05, 0) is 31.9 Å². The molecule has 1 aromatic rings. The molecule has 1 aromatic carbocycles. The van der Waals surface area contributed by atoms with E-state index in [0.29, 0.717) is 12.2 Å². The SMILES string of the molecule is CC(C)(N)Cc1cc2c(c([N+](=O)[O-])c1)OCO2. The maximum Gasteiger partial charge on any atom is 0.315 e. The molecule has 2 rings (SSSR count). The van der Waals surface area contributed by atoms with Gasteiger partial charge in [-0.3, -0.25) is 10.1 Å². The fourth-order valence-electron chi connectivity index (χ4n) is 1.81. The van der Waals surface area contributed by atoms with E-state index in [2.05, 4.69) is 0 Å². The molecule has 1 aliphatic heterocycles. The van der Waals surface area contributed by atoms with Crippen LogP contribution in [0.2, 0.25) is 0 Å². The number of fused-ring (bicyclic) bond motifs is 1. The smallest absolute Gasteiger partial charge is 0.315 e. The van der Waals surface area contributed by atoms with Crippen LogP contribution in [0.3, 0.4) is 0 Å². The normalized spacial score (nSPS) is 13.8. The van der Waals surface area contributed by atoms with Crippen molar-refractivity contribution in [1.82, 2.24) is 0 Å². The van der Waals surface area contributed by atoms with E-state index in [1.54, 1.807) is 6.07 Å². The van der Waals surface area contributed by atoms with Crippen molar-refractivity contribution in [1.29, 1.82) is 0 Å². The second kappa shape index (κ2) is 3.89. The van der Waals surface area contributed by atoms with E-state index >= 15 is 0 Å². The number of nitrogens with zero attached hydrogens (tertiary/aromatic N) is 1. The molecule has 6 heteroatoms. The molecule has 0 aliphatic carbocycles. The molecule has 17 heavy (non-hydrogen) atoms. The number of hydrogen-bond acceptors (Lipinski definition) is 5. The van der Waals surface area contributed by atoms with Crippen LogP contribution in [-0.4, -0.2) is 17.3 Å². The van der Waals surface area contributed by atoms with Crippen molar-refractivity contribution in [3.63, 3.8) is 0 Å². The van der Waals surface area contributed by atoms with Crippen LogP contribution in [0, 0.1) is 10.1 Å². The topological polar surface area (TPSA) is 87.6 Å². The maximum atomic E-state index is 10.9. The summed E-state index contributed by atoms with van der Waals surface area (Å²) in [6.45, 7) is 3.75. The van der Waals surface area contributed by atoms with E-state index in [1.807, 2.05) is 13.8 Å². The van der Waals surface area contributed by atoms with Gasteiger partial charge >= 0.3 is 5.69 Å². The van der Waals surface area contributed by atoms with Gasteiger partial charge < -0.3 is 15.2 Å². The number of nitro groups is 1. The van der Waals surface area contributed by atoms with Crippen LogP contribution in [0.25, 0.3) is 0 Å². The molecule has 0 unspecified atom stereocenters. The lowest BCUT2D eigenvalue weighted by Gasteiger charge is -2.18. The molecule has 92 valence electrons. The van der Waals surface area contributed by atoms with Crippen LogP contribution in [0.5, 0.6) is 11.5 Å². The average Bonchev–Trinajstić information content (AvgIpc) is 2.60. The third kappa shape index (κ3) is 2.47. The van der Waals surface area contributed by atoms with Crippen LogP contribution >= 0.6 is 0 Å². The first-order valence-electron chi connectivity index (χ1n) is 5.22. The first-order valence-corrected chi connectivity index (χ1v) is 5.22. The standard InChI is InChI=1S/C11H14N2O4/c1-11(2,12)5-7-3-8(13(14)15)10-9(4-7)16-6-17-10/h3-4H,5-6,12H2,1-2H3. The largest absolute Gasteiger partial charge is 0.453 e. The highest BCUT2D eigenvalue weighted by Gasteiger charge is 2.27. The van der Waals surface area contributed by atoms with E-state index in [9.17, 15) is 10.1 Å². The highest BCUT2D eigenvalue weighted by Crippen LogP contribution is 2.41. The Morgan fingerprint density at radius 1 is 1.47 bits per heavy atom. The molecule has 2 N–H and O–H groups in total. The van der Waals surface area contributed by atoms with Crippen molar-refractivity contribution in [2.45, 2.75) is 25.8 Å². The van der Waals surface area contributed by atoms with Gasteiger partial charge in [-0.15, -0.1) is 0 Å². The predicted molar refractivity (Wildman–Crippen MR) is 61.2 cm³/mol. The zero-order valence-corrected chi connectivity index (χ0v) is 9.73. The number of rotatable bonds is 3. The summed E-state index contributed by atoms with van der Waals surface area (Å²) in [4.78, 5) is 10.4. The predicted octanol–water partition coefficient (Wildman–Crippen LogP) is 1.60. The highest BCUT2D eigenvalue weighted by molar-refractivity contribution is 5.59. The van der Waals surface area contributed by atoms with Gasteiger partial charge in [-0.1, -0.05) is 0 Å². The average molecular weight is 238 g/mol. The Labute approximate surface area is 98.5 Å². The minimum absolute atomic E-state index is 0.0195. The molecule has 6 nitrogen and oxygen atoms in total. The molecular formula is C11H14N2O4. The molecule has 0 atom stereocenters. The molecule has 0 fully saturated rings. The Hall–Kier alpha value is -1.82. The van der Waals surface area contributed by atoms with E-state index < -0.39 is 10.5 Å². The van der Waals surface area contributed by atoms with Crippen LogP contribution in [0.4, 0.5) is 5.69 Å². The summed E-state index contributed by atoms with van der Waals surface area (Å²) in [6, 6.07) is 3.23. The van der Waals surface area contributed by atoms with E-state index in [0.717, 1.165) is 5.56 Å². The summed E-state index contributed by atoms with van der Waals surface area (Å²) >= 11 is 0. The van der Waals surface area contributed by atoms with Gasteiger partial charge in [0.25, 0.3) is 0 Å². The van der Waals surface area contributed by atoms with Crippen molar-refractivity contribution < 1.29 is 14.4 Å². The summed E-state index contributed by atoms with van der Waals surface area (Å²) in [5.41, 5.74) is 6.17. The van der Waals surface area contributed by atoms with Crippen LogP contribution < -0.4 is 15.2 Å². The van der Waals surface area contributed by atoms with E-state index in [-0.39, 0.29) is 18.2 Å². The summed E-state index contributed by atoms with van der Waals surface area (Å²) in [6.07, 6.45) is 0.532. The van der Waals surface area contributed by atoms with Crippen molar-refractivity contribution in [2.24, 2.45) is 5.73 Å². The molecule has 0 bridgehead atoms. The number of ether oxygens (including phenoxy) is 2. The molecule has 1 heterocycles.